The smallest absolute Gasteiger partial charge is 0.274 e. The minimum Gasteiger partial charge on any atom is -0.308 e. The molecule has 0 fully saturated rings. The first-order valence-electron chi connectivity index (χ1n) is 9.97. The summed E-state index contributed by atoms with van der Waals surface area (Å²) in [5.74, 6) is 0. The van der Waals surface area contributed by atoms with Crippen LogP contribution in [0.3, 0.4) is 0 Å². The van der Waals surface area contributed by atoms with Gasteiger partial charge in [0.25, 0.3) is 5.56 Å². The summed E-state index contributed by atoms with van der Waals surface area (Å²) < 4.78 is 1.83. The maximum Gasteiger partial charge on any atom is 0.274 e. The predicted molar refractivity (Wildman–Crippen MR) is 107 cm³/mol. The minimum absolute atomic E-state index is 0.0980. The van der Waals surface area contributed by atoms with Crippen LogP contribution in [0.5, 0.6) is 0 Å². The molecule has 4 nitrogen and oxygen atoms in total. The maximum absolute atomic E-state index is 13.0. The molecule has 2 rings (SSSR count). The van der Waals surface area contributed by atoms with Crippen molar-refractivity contribution in [3.63, 3.8) is 0 Å². The Morgan fingerprint density at radius 1 is 1.04 bits per heavy atom. The fourth-order valence-corrected chi connectivity index (χ4v) is 3.37. The van der Waals surface area contributed by atoms with Gasteiger partial charge < -0.3 is 5.01 Å². The Labute approximate surface area is 151 Å². The molecule has 0 aliphatic carbocycles. The molecule has 2 heterocycles. The van der Waals surface area contributed by atoms with E-state index in [1.165, 1.54) is 32.1 Å². The number of aryl methyl sites for hydroxylation is 1. The van der Waals surface area contributed by atoms with Crippen LogP contribution >= 0.6 is 0 Å². The Kier molecular flexibility index (Phi) is 7.96. The van der Waals surface area contributed by atoms with E-state index in [9.17, 15) is 4.79 Å². The van der Waals surface area contributed by atoms with Crippen LogP contribution < -0.4 is 10.6 Å². The van der Waals surface area contributed by atoms with Crippen LogP contribution in [0.4, 0.5) is 0 Å². The highest BCUT2D eigenvalue weighted by Gasteiger charge is 2.14. The number of fused-ring (bicyclic) bond motifs is 1. The van der Waals surface area contributed by atoms with Crippen LogP contribution in [0.15, 0.2) is 29.2 Å². The third-order valence-electron chi connectivity index (χ3n) is 4.75. The van der Waals surface area contributed by atoms with Crippen LogP contribution in [-0.2, 0) is 6.42 Å². The van der Waals surface area contributed by atoms with Crippen molar-refractivity contribution >= 4 is 11.0 Å². The largest absolute Gasteiger partial charge is 0.308 e. The highest BCUT2D eigenvalue weighted by Crippen LogP contribution is 2.13. The lowest BCUT2D eigenvalue weighted by atomic mass is 10.1. The van der Waals surface area contributed by atoms with Crippen molar-refractivity contribution in [3.05, 3.63) is 40.3 Å². The number of pyridine rings is 2. The van der Waals surface area contributed by atoms with Crippen molar-refractivity contribution in [1.29, 1.82) is 0 Å². The summed E-state index contributed by atoms with van der Waals surface area (Å²) in [5.41, 5.74) is 1.77. The molecular formula is C21H33N3O. The van der Waals surface area contributed by atoms with E-state index in [0.717, 1.165) is 48.9 Å². The van der Waals surface area contributed by atoms with Gasteiger partial charge in [0, 0.05) is 30.2 Å². The topological polar surface area (TPSA) is 38.1 Å². The molecule has 2 aromatic rings. The first-order chi connectivity index (χ1) is 12.2. The van der Waals surface area contributed by atoms with Gasteiger partial charge in [0.05, 0.1) is 0 Å². The van der Waals surface area contributed by atoms with Crippen molar-refractivity contribution < 1.29 is 0 Å². The molecule has 25 heavy (non-hydrogen) atoms. The molecule has 0 saturated carbocycles. The lowest BCUT2D eigenvalue weighted by Gasteiger charge is -2.26. The maximum atomic E-state index is 13.0. The van der Waals surface area contributed by atoms with Crippen molar-refractivity contribution in [3.8, 4) is 0 Å². The molecule has 0 radical (unpaired) electrons. The van der Waals surface area contributed by atoms with Crippen LogP contribution in [0, 0.1) is 0 Å². The molecule has 0 atom stereocenters. The van der Waals surface area contributed by atoms with Gasteiger partial charge in [-0.25, -0.2) is 9.66 Å². The van der Waals surface area contributed by atoms with Gasteiger partial charge in [-0.15, -0.1) is 0 Å². The van der Waals surface area contributed by atoms with Gasteiger partial charge in [-0.2, -0.15) is 0 Å². The normalized spacial score (nSPS) is 11.2. The molecule has 0 amide bonds. The van der Waals surface area contributed by atoms with Gasteiger partial charge in [0.2, 0.25) is 0 Å². The van der Waals surface area contributed by atoms with E-state index in [-0.39, 0.29) is 5.56 Å². The number of hydrogen-bond donors (Lipinski definition) is 0. The molecule has 138 valence electrons. The van der Waals surface area contributed by atoms with Crippen molar-refractivity contribution in [2.24, 2.45) is 0 Å². The molecule has 0 aromatic carbocycles. The van der Waals surface area contributed by atoms with Gasteiger partial charge in [0.1, 0.15) is 0 Å². The van der Waals surface area contributed by atoms with E-state index in [1.54, 1.807) is 6.20 Å². The van der Waals surface area contributed by atoms with Gasteiger partial charge in [-0.1, -0.05) is 52.4 Å². The molecule has 0 aliphatic rings. The third-order valence-corrected chi connectivity index (χ3v) is 4.75. The zero-order chi connectivity index (χ0) is 18.1. The zero-order valence-electron chi connectivity index (χ0n) is 16.1. The second-order valence-corrected chi connectivity index (χ2v) is 6.77. The molecule has 4 heteroatoms. The first-order valence-corrected chi connectivity index (χ1v) is 9.97. The Morgan fingerprint density at radius 2 is 1.80 bits per heavy atom. The quantitative estimate of drug-likeness (QED) is 0.557. The van der Waals surface area contributed by atoms with Gasteiger partial charge in [-0.3, -0.25) is 4.79 Å². The highest BCUT2D eigenvalue weighted by molar-refractivity contribution is 5.75. The number of rotatable bonds is 11. The summed E-state index contributed by atoms with van der Waals surface area (Å²) >= 11 is 0. The Morgan fingerprint density at radius 3 is 2.52 bits per heavy atom. The summed E-state index contributed by atoms with van der Waals surface area (Å²) in [6.45, 7) is 8.20. The minimum atomic E-state index is 0.0980. The Hall–Kier alpha value is -1.84. The average Bonchev–Trinajstić information content (AvgIpc) is 2.63. The van der Waals surface area contributed by atoms with Crippen molar-refractivity contribution in [1.82, 2.24) is 9.66 Å². The standard InChI is InChI=1S/C21H33N3O/c1-4-7-8-9-10-11-16-23(6-3)24-20-18(14-12-15-22-20)17-19(13-5-2)21(24)25/h12,14-15,17H,4-11,13,16H2,1-3H3. The molecule has 0 saturated heterocycles. The van der Waals surface area contributed by atoms with Crippen LogP contribution in [0.25, 0.3) is 11.0 Å². The van der Waals surface area contributed by atoms with Crippen molar-refractivity contribution in [2.75, 3.05) is 18.1 Å². The Bertz CT molecular complexity index is 708. The number of hydrogen-bond acceptors (Lipinski definition) is 3. The van der Waals surface area contributed by atoms with Crippen LogP contribution in [-0.4, -0.2) is 22.7 Å². The molecular weight excluding hydrogens is 310 g/mol. The number of unbranched alkanes of at least 4 members (excludes halogenated alkanes) is 5. The molecule has 2 aromatic heterocycles. The second kappa shape index (κ2) is 10.2. The monoisotopic (exact) mass is 343 g/mol. The summed E-state index contributed by atoms with van der Waals surface area (Å²) in [6.07, 6.45) is 11.1. The molecule has 0 unspecified atom stereocenters. The van der Waals surface area contributed by atoms with Gasteiger partial charge in [0.15, 0.2) is 5.65 Å². The summed E-state index contributed by atoms with van der Waals surface area (Å²) in [5, 5.41) is 3.21. The first kappa shape index (κ1) is 19.5. The zero-order valence-corrected chi connectivity index (χ0v) is 16.1. The van der Waals surface area contributed by atoms with E-state index < -0.39 is 0 Å². The van der Waals surface area contributed by atoms with E-state index in [1.807, 2.05) is 16.8 Å². The SMILES string of the molecule is CCCCCCCCN(CC)n1c(=O)c(CCC)cc2cccnc21. The fourth-order valence-electron chi connectivity index (χ4n) is 3.37. The van der Waals surface area contributed by atoms with Gasteiger partial charge >= 0.3 is 0 Å². The van der Waals surface area contributed by atoms with E-state index in [0.29, 0.717) is 0 Å². The fraction of sp³-hybridized carbons (Fsp3) is 0.619. The van der Waals surface area contributed by atoms with Gasteiger partial charge in [-0.05, 0) is 38.0 Å². The number of aromatic nitrogens is 2. The van der Waals surface area contributed by atoms with Crippen molar-refractivity contribution in [2.45, 2.75) is 72.1 Å². The van der Waals surface area contributed by atoms with Crippen LogP contribution in [0.2, 0.25) is 0 Å². The summed E-state index contributed by atoms with van der Waals surface area (Å²) in [7, 11) is 0. The average molecular weight is 344 g/mol. The predicted octanol–water partition coefficient (Wildman–Crippen LogP) is 4.67. The molecule has 0 bridgehead atoms. The van der Waals surface area contributed by atoms with E-state index in [4.69, 9.17) is 0 Å². The number of nitrogens with zero attached hydrogens (tertiary/aromatic N) is 3. The molecule has 0 aliphatic heterocycles. The highest BCUT2D eigenvalue weighted by atomic mass is 16.1. The van der Waals surface area contributed by atoms with E-state index >= 15 is 0 Å². The lowest BCUT2D eigenvalue weighted by Crippen LogP contribution is -2.44. The third kappa shape index (κ3) is 5.07. The summed E-state index contributed by atoms with van der Waals surface area (Å²) in [6, 6.07) is 6.01. The lowest BCUT2D eigenvalue weighted by molar-refractivity contribution is 0.539. The van der Waals surface area contributed by atoms with E-state index in [2.05, 4.69) is 36.8 Å². The summed E-state index contributed by atoms with van der Waals surface area (Å²) in [4.78, 5) is 17.5. The second-order valence-electron chi connectivity index (χ2n) is 6.77. The molecule has 0 spiro atoms. The Balaban J connectivity index is 2.23. The molecule has 0 N–H and O–H groups in total. The van der Waals surface area contributed by atoms with Crippen LogP contribution in [0.1, 0.15) is 71.3 Å².